The Kier molecular flexibility index (Phi) is 4.86. The number of benzene rings is 2. The summed E-state index contributed by atoms with van der Waals surface area (Å²) in [6.07, 6.45) is 0. The fraction of sp³-hybridized carbons (Fsp3) is 0. The van der Waals surface area contributed by atoms with Crippen molar-refractivity contribution in [3.8, 4) is 0 Å². The molecule has 122 valence electrons. The number of nitro benzene ring substituents is 1. The summed E-state index contributed by atoms with van der Waals surface area (Å²) in [5.41, 5.74) is 2.49. The fourth-order valence-corrected chi connectivity index (χ4v) is 3.25. The Labute approximate surface area is 163 Å². The second-order valence-corrected chi connectivity index (χ2v) is 6.32. The molecule has 0 radical (unpaired) electrons. The maximum atomic E-state index is 12.6. The van der Waals surface area contributed by atoms with E-state index in [0.29, 0.717) is 6.07 Å². The maximum absolute atomic E-state index is 12.6. The quantitative estimate of drug-likeness (QED) is 0.176. The van der Waals surface area contributed by atoms with Crippen LogP contribution in [0.5, 0.6) is 0 Å². The van der Waals surface area contributed by atoms with Gasteiger partial charge in [0.2, 0.25) is 5.78 Å². The Bertz CT molecular complexity index is 1060. The molecule has 0 amide bonds. The first-order chi connectivity index (χ1) is 11.1. The first-order valence-corrected chi connectivity index (χ1v) is 7.80. The minimum atomic E-state index is -5.18. The number of ketones is 2. The summed E-state index contributed by atoms with van der Waals surface area (Å²) in [6, 6.07) is 5.98. The molecule has 9 nitrogen and oxygen atoms in total. The second-order valence-electron chi connectivity index (χ2n) is 4.97. The van der Waals surface area contributed by atoms with Crippen molar-refractivity contribution in [2.75, 3.05) is 5.73 Å². The first-order valence-electron chi connectivity index (χ1n) is 6.39. The molecule has 0 saturated heterocycles. The molecule has 25 heavy (non-hydrogen) atoms. The molecule has 1 aliphatic rings. The third-order valence-corrected chi connectivity index (χ3v) is 4.52. The average Bonchev–Trinajstić information content (AvgIpc) is 2.50. The van der Waals surface area contributed by atoms with Crippen LogP contribution in [0.2, 0.25) is 0 Å². The standard InChI is InChI=1S/C14H8N2O7S.Na/c15-12-9(24(21,22)23)5-8(16(19)20)10-11(12)14(18)7-4-2-1-3-6(7)13(10)17;/h1-5H,15H2,(H,21,22,23);/q;+1/p-1. The molecular weight excluding hydrogens is 363 g/mol. The zero-order valence-electron chi connectivity index (χ0n) is 12.7. The van der Waals surface area contributed by atoms with Crippen molar-refractivity contribution in [1.29, 1.82) is 0 Å². The number of fused-ring (bicyclic) bond motifs is 2. The van der Waals surface area contributed by atoms with Crippen LogP contribution in [0.1, 0.15) is 31.8 Å². The van der Waals surface area contributed by atoms with Crippen molar-refractivity contribution in [3.05, 3.63) is 62.7 Å². The van der Waals surface area contributed by atoms with Crippen LogP contribution in [-0.4, -0.2) is 29.5 Å². The number of rotatable bonds is 2. The van der Waals surface area contributed by atoms with Gasteiger partial charge in [-0.15, -0.1) is 0 Å². The van der Waals surface area contributed by atoms with Crippen molar-refractivity contribution in [1.82, 2.24) is 0 Å². The summed E-state index contributed by atoms with van der Waals surface area (Å²) in [5.74, 6) is -1.69. The molecule has 0 unspecified atom stereocenters. The van der Waals surface area contributed by atoms with Gasteiger partial charge >= 0.3 is 29.6 Å². The number of hydrogen-bond donors (Lipinski definition) is 1. The van der Waals surface area contributed by atoms with Crippen molar-refractivity contribution in [2.45, 2.75) is 4.90 Å². The van der Waals surface area contributed by atoms with E-state index in [9.17, 15) is 32.7 Å². The van der Waals surface area contributed by atoms with Gasteiger partial charge in [-0.05, 0) is 0 Å². The fourth-order valence-electron chi connectivity index (χ4n) is 2.63. The van der Waals surface area contributed by atoms with Crippen LogP contribution >= 0.6 is 0 Å². The molecule has 0 spiro atoms. The second kappa shape index (κ2) is 6.32. The molecule has 0 fully saturated rings. The summed E-state index contributed by atoms with van der Waals surface area (Å²) < 4.78 is 33.9. The zero-order valence-corrected chi connectivity index (χ0v) is 15.5. The summed E-state index contributed by atoms with van der Waals surface area (Å²) in [4.78, 5) is 34.2. The van der Waals surface area contributed by atoms with E-state index >= 15 is 0 Å². The Balaban J connectivity index is 0.00000225. The SMILES string of the molecule is Nc1c(S(=O)(=O)[O-])cc([N+](=O)[O-])c2c1C(=O)c1ccccc1C2=O.[Na+]. The van der Waals surface area contributed by atoms with E-state index < -0.39 is 54.0 Å². The number of anilines is 1. The number of nitrogens with two attached hydrogens (primary N) is 1. The number of nitrogen functional groups attached to an aromatic ring is 1. The Hall–Kier alpha value is -2.11. The van der Waals surface area contributed by atoms with Gasteiger partial charge in [-0.2, -0.15) is 0 Å². The van der Waals surface area contributed by atoms with Crippen molar-refractivity contribution < 1.29 is 57.0 Å². The number of carbonyl (C=O) groups excluding carboxylic acids is 2. The van der Waals surface area contributed by atoms with Gasteiger partial charge in [-0.1, -0.05) is 24.3 Å². The van der Waals surface area contributed by atoms with E-state index in [1.165, 1.54) is 24.3 Å². The molecule has 11 heteroatoms. The van der Waals surface area contributed by atoms with E-state index in [1.807, 2.05) is 0 Å². The van der Waals surface area contributed by atoms with Crippen molar-refractivity contribution in [3.63, 3.8) is 0 Å². The molecule has 2 aromatic rings. The molecule has 2 N–H and O–H groups in total. The molecule has 0 heterocycles. The molecule has 0 saturated carbocycles. The predicted octanol–water partition coefficient (Wildman–Crippen LogP) is -2.14. The van der Waals surface area contributed by atoms with Crippen LogP contribution in [0, 0.1) is 10.1 Å². The molecule has 0 bridgehead atoms. The van der Waals surface area contributed by atoms with Gasteiger partial charge in [0, 0.05) is 17.2 Å². The van der Waals surface area contributed by atoms with Crippen LogP contribution in [0.25, 0.3) is 0 Å². The predicted molar refractivity (Wildman–Crippen MR) is 78.8 cm³/mol. The van der Waals surface area contributed by atoms with E-state index in [-0.39, 0.29) is 40.7 Å². The molecule has 0 aromatic heterocycles. The summed E-state index contributed by atoms with van der Waals surface area (Å²) >= 11 is 0. The molecule has 3 rings (SSSR count). The van der Waals surface area contributed by atoms with Crippen LogP contribution < -0.4 is 35.3 Å². The molecule has 0 aliphatic heterocycles. The number of hydrogen-bond acceptors (Lipinski definition) is 8. The maximum Gasteiger partial charge on any atom is 1.00 e. The van der Waals surface area contributed by atoms with E-state index in [1.54, 1.807) is 0 Å². The summed E-state index contributed by atoms with van der Waals surface area (Å²) in [6.45, 7) is 0. The number of nitro groups is 1. The minimum Gasteiger partial charge on any atom is -0.744 e. The van der Waals surface area contributed by atoms with Gasteiger partial charge in [0.1, 0.15) is 15.7 Å². The molecule has 2 aromatic carbocycles. The Morgan fingerprint density at radius 2 is 1.48 bits per heavy atom. The van der Waals surface area contributed by atoms with Gasteiger partial charge in [-0.3, -0.25) is 19.7 Å². The van der Waals surface area contributed by atoms with Gasteiger partial charge in [0.05, 0.1) is 21.1 Å². The smallest absolute Gasteiger partial charge is 0.744 e. The van der Waals surface area contributed by atoms with Crippen molar-refractivity contribution >= 4 is 33.1 Å². The Morgan fingerprint density at radius 3 is 1.92 bits per heavy atom. The van der Waals surface area contributed by atoms with Crippen molar-refractivity contribution in [2.24, 2.45) is 0 Å². The van der Waals surface area contributed by atoms with E-state index in [2.05, 4.69) is 0 Å². The van der Waals surface area contributed by atoms with Gasteiger partial charge in [0.25, 0.3) is 5.69 Å². The Morgan fingerprint density at radius 1 is 1.00 bits per heavy atom. The first kappa shape index (κ1) is 19.2. The van der Waals surface area contributed by atoms with Gasteiger partial charge in [0.15, 0.2) is 5.78 Å². The van der Waals surface area contributed by atoms with Crippen LogP contribution in [0.15, 0.2) is 35.2 Å². The summed E-state index contributed by atoms with van der Waals surface area (Å²) in [5, 5.41) is 11.2. The monoisotopic (exact) mass is 370 g/mol. The van der Waals surface area contributed by atoms with Gasteiger partial charge < -0.3 is 10.3 Å². The third-order valence-electron chi connectivity index (χ3n) is 3.65. The largest absolute Gasteiger partial charge is 1.00 e. The average molecular weight is 370 g/mol. The normalized spacial score (nSPS) is 12.8. The van der Waals surface area contributed by atoms with Crippen LogP contribution in [0.4, 0.5) is 11.4 Å². The number of nitrogens with zero attached hydrogens (tertiary/aromatic N) is 1. The minimum absolute atomic E-state index is 0. The summed E-state index contributed by atoms with van der Waals surface area (Å²) in [7, 11) is -5.18. The van der Waals surface area contributed by atoms with Crippen LogP contribution in [0.3, 0.4) is 0 Å². The van der Waals surface area contributed by atoms with E-state index in [4.69, 9.17) is 5.73 Å². The van der Waals surface area contributed by atoms with Gasteiger partial charge in [-0.25, -0.2) is 8.42 Å². The molecule has 1 aliphatic carbocycles. The molecular formula is C14H7N2NaO7S. The van der Waals surface area contributed by atoms with E-state index in [0.717, 1.165) is 0 Å². The third kappa shape index (κ3) is 2.87. The number of carbonyl (C=O) groups is 2. The topological polar surface area (TPSA) is 160 Å². The van der Waals surface area contributed by atoms with Crippen LogP contribution in [-0.2, 0) is 10.1 Å². The molecule has 0 atom stereocenters. The zero-order chi connectivity index (χ0) is 17.8.